The molecular weight excluding hydrogens is 336 g/mol. The first kappa shape index (κ1) is 16.7. The summed E-state index contributed by atoms with van der Waals surface area (Å²) in [6, 6.07) is 14.2. The van der Waals surface area contributed by atoms with Crippen LogP contribution in [0.25, 0.3) is 16.7 Å². The summed E-state index contributed by atoms with van der Waals surface area (Å²) in [5.41, 5.74) is 9.54. The van der Waals surface area contributed by atoms with Gasteiger partial charge in [-0.05, 0) is 37.1 Å². The molecule has 0 spiro atoms. The summed E-state index contributed by atoms with van der Waals surface area (Å²) < 4.78 is 2.04. The first-order valence-corrected chi connectivity index (χ1v) is 8.81. The number of H-pyrrole nitrogens is 1. The van der Waals surface area contributed by atoms with Crippen LogP contribution in [0.5, 0.6) is 0 Å². The third-order valence-corrected chi connectivity index (χ3v) is 4.73. The Morgan fingerprint density at radius 2 is 2.15 bits per heavy atom. The van der Waals surface area contributed by atoms with E-state index in [0.29, 0.717) is 5.56 Å². The number of nitrogens with zero attached hydrogens (tertiary/aromatic N) is 4. The lowest BCUT2D eigenvalue weighted by Gasteiger charge is -2.10. The molecule has 0 bridgehead atoms. The van der Waals surface area contributed by atoms with E-state index in [-0.39, 0.29) is 0 Å². The SMILES string of the molecule is CCc1c(C)c(C#N)c2[nH]c3ccccc3[n+]2c1NN=Cc1cccnc1. The molecule has 0 amide bonds. The van der Waals surface area contributed by atoms with Crippen LogP contribution in [-0.4, -0.2) is 16.2 Å². The second-order valence-electron chi connectivity index (χ2n) is 6.28. The van der Waals surface area contributed by atoms with Crippen LogP contribution in [0.3, 0.4) is 0 Å². The number of anilines is 1. The van der Waals surface area contributed by atoms with Crippen LogP contribution >= 0.6 is 0 Å². The summed E-state index contributed by atoms with van der Waals surface area (Å²) in [4.78, 5) is 7.47. The van der Waals surface area contributed by atoms with E-state index in [9.17, 15) is 5.26 Å². The molecule has 6 nitrogen and oxygen atoms in total. The van der Waals surface area contributed by atoms with Crippen LogP contribution in [0, 0.1) is 18.3 Å². The zero-order valence-corrected chi connectivity index (χ0v) is 15.2. The Balaban J connectivity index is 1.95. The molecule has 2 N–H and O–H groups in total. The molecule has 0 aliphatic heterocycles. The van der Waals surface area contributed by atoms with E-state index in [4.69, 9.17) is 0 Å². The van der Waals surface area contributed by atoms with E-state index in [1.807, 2.05) is 47.7 Å². The van der Waals surface area contributed by atoms with Crippen LogP contribution in [-0.2, 0) is 6.42 Å². The Morgan fingerprint density at radius 1 is 1.30 bits per heavy atom. The number of fused-ring (bicyclic) bond motifs is 3. The number of aromatic amines is 1. The molecule has 3 heterocycles. The second kappa shape index (κ2) is 6.89. The average molecular weight is 355 g/mol. The maximum absolute atomic E-state index is 9.74. The molecule has 0 aliphatic rings. The molecule has 6 heteroatoms. The average Bonchev–Trinajstić information content (AvgIpc) is 3.08. The Bertz CT molecular complexity index is 1200. The first-order valence-electron chi connectivity index (χ1n) is 8.81. The van der Waals surface area contributed by atoms with Crippen molar-refractivity contribution in [2.75, 3.05) is 5.43 Å². The second-order valence-corrected chi connectivity index (χ2v) is 6.28. The van der Waals surface area contributed by atoms with Gasteiger partial charge in [0.05, 0.1) is 6.21 Å². The number of hydrogen-bond donors (Lipinski definition) is 2. The molecule has 132 valence electrons. The molecule has 0 saturated heterocycles. The number of para-hydroxylation sites is 2. The number of hydrogen-bond acceptors (Lipinski definition) is 4. The standard InChI is InChI=1S/C21H18N6/c1-3-16-14(2)17(11-22)20-25-18-8-4-5-9-19(18)27(20)21(16)26-24-13-15-7-6-10-23-12-15/h4-10,12-13H,3H2,1-2H3,(H,25,26)/p+1. The van der Waals surface area contributed by atoms with Crippen LogP contribution in [0.2, 0.25) is 0 Å². The minimum atomic E-state index is 0.657. The highest BCUT2D eigenvalue weighted by molar-refractivity contribution is 5.80. The van der Waals surface area contributed by atoms with Crippen molar-refractivity contribution in [1.29, 1.82) is 5.26 Å². The summed E-state index contributed by atoms with van der Waals surface area (Å²) in [5, 5.41) is 14.2. The lowest BCUT2D eigenvalue weighted by molar-refractivity contribution is -0.465. The number of nitrogens with one attached hydrogen (secondary N) is 2. The number of aromatic nitrogens is 3. The monoisotopic (exact) mass is 355 g/mol. The molecule has 0 saturated carbocycles. The van der Waals surface area contributed by atoms with Gasteiger partial charge in [-0.2, -0.15) is 15.1 Å². The number of nitriles is 1. The molecule has 0 atom stereocenters. The smallest absolute Gasteiger partial charge is 0.253 e. The molecule has 0 radical (unpaired) electrons. The van der Waals surface area contributed by atoms with Crippen molar-refractivity contribution < 1.29 is 4.40 Å². The van der Waals surface area contributed by atoms with Crippen molar-refractivity contribution in [2.24, 2.45) is 5.10 Å². The van der Waals surface area contributed by atoms with E-state index < -0.39 is 0 Å². The lowest BCUT2D eigenvalue weighted by atomic mass is 10.0. The predicted molar refractivity (Wildman–Crippen MR) is 106 cm³/mol. The van der Waals surface area contributed by atoms with Crippen LogP contribution in [0.15, 0.2) is 53.9 Å². The molecule has 4 aromatic rings. The summed E-state index contributed by atoms with van der Waals surface area (Å²) in [5.74, 6) is 0.863. The summed E-state index contributed by atoms with van der Waals surface area (Å²) in [6.07, 6.45) is 6.01. The fraction of sp³-hybridized carbons (Fsp3) is 0.143. The minimum Gasteiger partial charge on any atom is -0.269 e. The molecule has 27 heavy (non-hydrogen) atoms. The van der Waals surface area contributed by atoms with Gasteiger partial charge >= 0.3 is 0 Å². The van der Waals surface area contributed by atoms with E-state index in [1.165, 1.54) is 0 Å². The van der Waals surface area contributed by atoms with E-state index in [2.05, 4.69) is 33.5 Å². The molecule has 0 unspecified atom stereocenters. The van der Waals surface area contributed by atoms with Crippen molar-refractivity contribution in [3.63, 3.8) is 0 Å². The maximum Gasteiger partial charge on any atom is 0.253 e. The fourth-order valence-electron chi connectivity index (χ4n) is 3.43. The van der Waals surface area contributed by atoms with Crippen molar-refractivity contribution >= 4 is 28.7 Å². The highest BCUT2D eigenvalue weighted by atomic mass is 15.3. The number of imidazole rings is 1. The van der Waals surface area contributed by atoms with Crippen molar-refractivity contribution in [1.82, 2.24) is 9.97 Å². The molecular formula is C21H19N6+. The predicted octanol–water partition coefficient (Wildman–Crippen LogP) is 3.49. The first-order chi connectivity index (χ1) is 13.2. The Labute approximate surface area is 156 Å². The Hall–Kier alpha value is -3.72. The molecule has 1 aromatic carbocycles. The van der Waals surface area contributed by atoms with E-state index in [1.54, 1.807) is 18.6 Å². The molecule has 4 rings (SSSR count). The third kappa shape index (κ3) is 2.79. The zero-order valence-electron chi connectivity index (χ0n) is 15.2. The van der Waals surface area contributed by atoms with Gasteiger partial charge in [-0.1, -0.05) is 25.1 Å². The quantitative estimate of drug-likeness (QED) is 0.334. The minimum absolute atomic E-state index is 0.657. The van der Waals surface area contributed by atoms with E-state index >= 15 is 0 Å². The third-order valence-electron chi connectivity index (χ3n) is 4.73. The van der Waals surface area contributed by atoms with Crippen molar-refractivity contribution in [2.45, 2.75) is 20.3 Å². The van der Waals surface area contributed by atoms with Crippen LogP contribution in [0.4, 0.5) is 5.82 Å². The van der Waals surface area contributed by atoms with Gasteiger partial charge < -0.3 is 0 Å². The topological polar surface area (TPSA) is 81.0 Å². The van der Waals surface area contributed by atoms with Gasteiger partial charge in [-0.15, -0.1) is 5.10 Å². The number of pyridine rings is 2. The largest absolute Gasteiger partial charge is 0.269 e. The van der Waals surface area contributed by atoms with Gasteiger partial charge in [0.25, 0.3) is 5.82 Å². The zero-order chi connectivity index (χ0) is 18.8. The van der Waals surface area contributed by atoms with Gasteiger partial charge in [0.15, 0.2) is 0 Å². The number of benzene rings is 1. The maximum atomic E-state index is 9.74. The number of hydrazone groups is 1. The normalized spacial score (nSPS) is 11.3. The highest BCUT2D eigenvalue weighted by Gasteiger charge is 2.24. The van der Waals surface area contributed by atoms with Gasteiger partial charge in [-0.25, -0.2) is 0 Å². The van der Waals surface area contributed by atoms with Gasteiger partial charge in [0.2, 0.25) is 5.65 Å². The lowest BCUT2D eigenvalue weighted by Crippen LogP contribution is -2.28. The Morgan fingerprint density at radius 3 is 2.89 bits per heavy atom. The van der Waals surface area contributed by atoms with Crippen LogP contribution in [0.1, 0.15) is 29.2 Å². The van der Waals surface area contributed by atoms with Gasteiger partial charge in [-0.3, -0.25) is 9.97 Å². The summed E-state index contributed by atoms with van der Waals surface area (Å²) >= 11 is 0. The summed E-state index contributed by atoms with van der Waals surface area (Å²) in [7, 11) is 0. The van der Waals surface area contributed by atoms with Gasteiger partial charge in [0.1, 0.15) is 22.7 Å². The highest BCUT2D eigenvalue weighted by Crippen LogP contribution is 2.25. The van der Waals surface area contributed by atoms with Crippen molar-refractivity contribution in [3.05, 3.63) is 71.0 Å². The van der Waals surface area contributed by atoms with Crippen molar-refractivity contribution in [3.8, 4) is 6.07 Å². The summed E-state index contributed by atoms with van der Waals surface area (Å²) in [6.45, 7) is 4.07. The van der Waals surface area contributed by atoms with Crippen LogP contribution < -0.4 is 9.83 Å². The fourth-order valence-corrected chi connectivity index (χ4v) is 3.43. The molecule has 0 fully saturated rings. The van der Waals surface area contributed by atoms with E-state index in [0.717, 1.165) is 45.6 Å². The Kier molecular flexibility index (Phi) is 4.27. The van der Waals surface area contributed by atoms with Gasteiger partial charge in [0, 0.05) is 23.5 Å². The number of rotatable bonds is 4. The molecule has 3 aromatic heterocycles. The molecule has 0 aliphatic carbocycles.